The maximum atomic E-state index is 5.90. The minimum Gasteiger partial charge on any atom is -0.329 e. The second-order valence-electron chi connectivity index (χ2n) is 5.43. The van der Waals surface area contributed by atoms with Gasteiger partial charge in [-0.15, -0.1) is 0 Å². The zero-order chi connectivity index (χ0) is 12.8. The van der Waals surface area contributed by atoms with Crippen LogP contribution in [0.2, 0.25) is 0 Å². The van der Waals surface area contributed by atoms with Crippen LogP contribution in [0.25, 0.3) is 0 Å². The Bertz CT molecular complexity index is 331. The smallest absolute Gasteiger partial charge is 0.0292 e. The minimum absolute atomic E-state index is 0.135. The first-order valence-corrected chi connectivity index (χ1v) is 7.00. The Balaban J connectivity index is 1.73. The van der Waals surface area contributed by atoms with Gasteiger partial charge < -0.3 is 16.4 Å². The van der Waals surface area contributed by atoms with Gasteiger partial charge in [0, 0.05) is 19.1 Å². The molecule has 0 amide bonds. The summed E-state index contributed by atoms with van der Waals surface area (Å²) in [4.78, 5) is 2.46. The standard InChI is InChI=1S/C15H25N3/c16-11-15(17)12-18-8-6-14(7-9-18)10-13-4-2-1-3-5-13/h1-5,14-15H,6-12,16-17H2. The molecule has 1 aromatic rings. The average molecular weight is 247 g/mol. The zero-order valence-corrected chi connectivity index (χ0v) is 11.1. The third kappa shape index (κ3) is 4.09. The van der Waals surface area contributed by atoms with Crippen molar-refractivity contribution in [3.8, 4) is 0 Å². The number of rotatable bonds is 5. The van der Waals surface area contributed by atoms with Crippen molar-refractivity contribution in [3.63, 3.8) is 0 Å². The van der Waals surface area contributed by atoms with Crippen LogP contribution in [0.1, 0.15) is 18.4 Å². The van der Waals surface area contributed by atoms with Gasteiger partial charge in [-0.3, -0.25) is 0 Å². The molecule has 0 radical (unpaired) electrons. The van der Waals surface area contributed by atoms with E-state index in [2.05, 4.69) is 35.2 Å². The molecular formula is C15H25N3. The van der Waals surface area contributed by atoms with Crippen LogP contribution < -0.4 is 11.5 Å². The monoisotopic (exact) mass is 247 g/mol. The summed E-state index contributed by atoms with van der Waals surface area (Å²) in [7, 11) is 0. The maximum Gasteiger partial charge on any atom is 0.0292 e. The van der Waals surface area contributed by atoms with E-state index < -0.39 is 0 Å². The Morgan fingerprint density at radius 1 is 1.17 bits per heavy atom. The highest BCUT2D eigenvalue weighted by Crippen LogP contribution is 2.21. The molecule has 4 N–H and O–H groups in total. The van der Waals surface area contributed by atoms with E-state index in [1.54, 1.807) is 0 Å². The summed E-state index contributed by atoms with van der Waals surface area (Å²) in [5.74, 6) is 0.831. The largest absolute Gasteiger partial charge is 0.329 e. The van der Waals surface area contributed by atoms with Gasteiger partial charge in [0.2, 0.25) is 0 Å². The number of benzene rings is 1. The van der Waals surface area contributed by atoms with E-state index in [0.29, 0.717) is 6.54 Å². The SMILES string of the molecule is NCC(N)CN1CCC(Cc2ccccc2)CC1. The summed E-state index contributed by atoms with van der Waals surface area (Å²) in [6.07, 6.45) is 3.79. The van der Waals surface area contributed by atoms with E-state index >= 15 is 0 Å². The van der Waals surface area contributed by atoms with Crippen LogP contribution in [0.4, 0.5) is 0 Å². The van der Waals surface area contributed by atoms with Crippen LogP contribution in [0.3, 0.4) is 0 Å². The molecule has 1 aromatic carbocycles. The molecule has 0 bridgehead atoms. The van der Waals surface area contributed by atoms with Crippen LogP contribution >= 0.6 is 0 Å². The van der Waals surface area contributed by atoms with Crippen LogP contribution in [0.15, 0.2) is 30.3 Å². The van der Waals surface area contributed by atoms with Crippen molar-refractivity contribution in [1.82, 2.24) is 4.90 Å². The van der Waals surface area contributed by atoms with E-state index in [-0.39, 0.29) is 6.04 Å². The summed E-state index contributed by atoms with van der Waals surface area (Å²) < 4.78 is 0. The fourth-order valence-corrected chi connectivity index (χ4v) is 2.73. The number of hydrogen-bond acceptors (Lipinski definition) is 3. The lowest BCUT2D eigenvalue weighted by Crippen LogP contribution is -2.45. The van der Waals surface area contributed by atoms with Gasteiger partial charge in [-0.05, 0) is 43.8 Å². The van der Waals surface area contributed by atoms with Crippen molar-refractivity contribution in [3.05, 3.63) is 35.9 Å². The van der Waals surface area contributed by atoms with Gasteiger partial charge >= 0.3 is 0 Å². The molecule has 100 valence electrons. The normalized spacial score (nSPS) is 19.9. The van der Waals surface area contributed by atoms with Gasteiger partial charge in [0.05, 0.1) is 0 Å². The van der Waals surface area contributed by atoms with E-state index in [0.717, 1.165) is 12.5 Å². The molecule has 1 unspecified atom stereocenters. The van der Waals surface area contributed by atoms with Gasteiger partial charge in [-0.2, -0.15) is 0 Å². The first-order valence-electron chi connectivity index (χ1n) is 7.00. The Morgan fingerprint density at radius 3 is 2.44 bits per heavy atom. The van der Waals surface area contributed by atoms with Gasteiger partial charge in [-0.25, -0.2) is 0 Å². The molecule has 1 aliphatic heterocycles. The predicted molar refractivity (Wildman–Crippen MR) is 76.3 cm³/mol. The van der Waals surface area contributed by atoms with Gasteiger partial charge in [0.15, 0.2) is 0 Å². The molecule has 3 heteroatoms. The van der Waals surface area contributed by atoms with E-state index in [4.69, 9.17) is 11.5 Å². The number of piperidine rings is 1. The molecule has 1 heterocycles. The summed E-state index contributed by atoms with van der Waals surface area (Å²) >= 11 is 0. The van der Waals surface area contributed by atoms with E-state index in [1.807, 2.05) is 0 Å². The summed E-state index contributed by atoms with van der Waals surface area (Å²) in [5.41, 5.74) is 12.9. The first-order chi connectivity index (χ1) is 8.78. The number of hydrogen-bond donors (Lipinski definition) is 2. The highest BCUT2D eigenvalue weighted by Gasteiger charge is 2.20. The zero-order valence-electron chi connectivity index (χ0n) is 11.1. The summed E-state index contributed by atoms with van der Waals surface area (Å²) in [5, 5.41) is 0. The van der Waals surface area contributed by atoms with Crippen LogP contribution in [0, 0.1) is 5.92 Å². The molecule has 1 aliphatic rings. The molecule has 0 aliphatic carbocycles. The molecular weight excluding hydrogens is 222 g/mol. The third-order valence-electron chi connectivity index (χ3n) is 3.87. The van der Waals surface area contributed by atoms with Crippen molar-refractivity contribution in [1.29, 1.82) is 0 Å². The van der Waals surface area contributed by atoms with Crippen molar-refractivity contribution < 1.29 is 0 Å². The Hall–Kier alpha value is -0.900. The first kappa shape index (κ1) is 13.5. The number of likely N-dealkylation sites (tertiary alicyclic amines) is 1. The summed E-state index contributed by atoms with van der Waals surface area (Å²) in [6, 6.07) is 10.9. The second kappa shape index (κ2) is 6.88. The van der Waals surface area contributed by atoms with Crippen molar-refractivity contribution in [2.24, 2.45) is 17.4 Å². The van der Waals surface area contributed by atoms with Crippen molar-refractivity contribution in [2.45, 2.75) is 25.3 Å². The Kier molecular flexibility index (Phi) is 5.17. The molecule has 2 rings (SSSR count). The molecule has 1 atom stereocenters. The predicted octanol–water partition coefficient (Wildman–Crippen LogP) is 1.23. The Labute approximate surface area is 110 Å². The molecule has 1 fully saturated rings. The van der Waals surface area contributed by atoms with Crippen LogP contribution in [-0.4, -0.2) is 37.1 Å². The molecule has 18 heavy (non-hydrogen) atoms. The quantitative estimate of drug-likeness (QED) is 0.823. The van der Waals surface area contributed by atoms with E-state index in [1.165, 1.54) is 37.9 Å². The van der Waals surface area contributed by atoms with Gasteiger partial charge in [-0.1, -0.05) is 30.3 Å². The second-order valence-corrected chi connectivity index (χ2v) is 5.43. The molecule has 1 saturated heterocycles. The number of nitrogens with two attached hydrogens (primary N) is 2. The topological polar surface area (TPSA) is 55.3 Å². The van der Waals surface area contributed by atoms with Gasteiger partial charge in [0.1, 0.15) is 0 Å². The van der Waals surface area contributed by atoms with Crippen molar-refractivity contribution >= 4 is 0 Å². The fourth-order valence-electron chi connectivity index (χ4n) is 2.73. The van der Waals surface area contributed by atoms with Crippen LogP contribution in [-0.2, 0) is 6.42 Å². The Morgan fingerprint density at radius 2 is 1.83 bits per heavy atom. The molecule has 0 spiro atoms. The molecule has 3 nitrogen and oxygen atoms in total. The lowest BCUT2D eigenvalue weighted by molar-refractivity contribution is 0.176. The minimum atomic E-state index is 0.135. The fraction of sp³-hybridized carbons (Fsp3) is 0.600. The lowest BCUT2D eigenvalue weighted by atomic mass is 9.90. The van der Waals surface area contributed by atoms with Gasteiger partial charge in [0.25, 0.3) is 0 Å². The lowest BCUT2D eigenvalue weighted by Gasteiger charge is -2.33. The van der Waals surface area contributed by atoms with E-state index in [9.17, 15) is 0 Å². The number of nitrogens with zero attached hydrogens (tertiary/aromatic N) is 1. The van der Waals surface area contributed by atoms with Crippen LogP contribution in [0.5, 0.6) is 0 Å². The molecule has 0 saturated carbocycles. The maximum absolute atomic E-state index is 5.90. The van der Waals surface area contributed by atoms with Crippen molar-refractivity contribution in [2.75, 3.05) is 26.2 Å². The molecule has 0 aromatic heterocycles. The third-order valence-corrected chi connectivity index (χ3v) is 3.87. The summed E-state index contributed by atoms with van der Waals surface area (Å²) in [6.45, 7) is 3.88. The highest BCUT2D eigenvalue weighted by atomic mass is 15.1. The highest BCUT2D eigenvalue weighted by molar-refractivity contribution is 5.15. The average Bonchev–Trinajstić information content (AvgIpc) is 2.42.